The van der Waals surface area contributed by atoms with Gasteiger partial charge in [-0.3, -0.25) is 4.90 Å². The van der Waals surface area contributed by atoms with Crippen LogP contribution >= 0.6 is 11.6 Å². The fourth-order valence-corrected chi connectivity index (χ4v) is 3.85. The van der Waals surface area contributed by atoms with Crippen LogP contribution < -0.4 is 4.74 Å². The molecule has 2 aromatic rings. The van der Waals surface area contributed by atoms with Crippen molar-refractivity contribution < 1.29 is 17.9 Å². The monoisotopic (exact) mass is 423 g/mol. The van der Waals surface area contributed by atoms with Gasteiger partial charge < -0.3 is 4.74 Å². The minimum atomic E-state index is -4.68. The zero-order valence-corrected chi connectivity index (χ0v) is 17.7. The molecule has 0 atom stereocenters. The lowest BCUT2D eigenvalue weighted by Gasteiger charge is -2.15. The maximum atomic E-state index is 12.3. The summed E-state index contributed by atoms with van der Waals surface area (Å²) >= 11 is 6.47. The molecule has 7 heteroatoms. The molecule has 28 heavy (non-hydrogen) atoms. The molecule has 3 rings (SSSR count). The molecular formula is C21H21ClF3NOSi. The normalized spacial score (nSPS) is 14.4. The number of halogens is 4. The smallest absolute Gasteiger partial charge is 0.406 e. The summed E-state index contributed by atoms with van der Waals surface area (Å²) in [5.41, 5.74) is 7.45. The predicted octanol–water partition coefficient (Wildman–Crippen LogP) is 5.98. The maximum absolute atomic E-state index is 12.3. The molecule has 0 spiro atoms. The van der Waals surface area contributed by atoms with Gasteiger partial charge in [-0.1, -0.05) is 49.3 Å². The Morgan fingerprint density at radius 1 is 1.11 bits per heavy atom. The van der Waals surface area contributed by atoms with Crippen molar-refractivity contribution in [3.63, 3.8) is 0 Å². The van der Waals surface area contributed by atoms with E-state index in [9.17, 15) is 13.2 Å². The van der Waals surface area contributed by atoms with Crippen LogP contribution in [0.1, 0.15) is 22.3 Å². The van der Waals surface area contributed by atoms with Gasteiger partial charge in [0.15, 0.2) is 0 Å². The summed E-state index contributed by atoms with van der Waals surface area (Å²) in [4.78, 5) is 2.20. The molecule has 148 valence electrons. The van der Waals surface area contributed by atoms with Gasteiger partial charge in [0.25, 0.3) is 0 Å². The van der Waals surface area contributed by atoms with Crippen molar-refractivity contribution in [2.75, 3.05) is 0 Å². The van der Waals surface area contributed by atoms with Crippen molar-refractivity contribution in [2.24, 2.45) is 0 Å². The third-order valence-corrected chi connectivity index (χ3v) is 5.42. The average molecular weight is 424 g/mol. The Bertz CT molecular complexity index is 924. The van der Waals surface area contributed by atoms with Crippen LogP contribution in [0.3, 0.4) is 0 Å². The molecule has 1 aliphatic rings. The second kappa shape index (κ2) is 7.82. The fraction of sp³-hybridized carbons (Fsp3) is 0.333. The summed E-state index contributed by atoms with van der Waals surface area (Å²) < 4.78 is 40.7. The van der Waals surface area contributed by atoms with Crippen LogP contribution in [0.15, 0.2) is 36.4 Å². The Hall–Kier alpha value is -1.94. The molecule has 1 heterocycles. The molecule has 0 amide bonds. The first-order valence-electron chi connectivity index (χ1n) is 8.90. The first-order valence-corrected chi connectivity index (χ1v) is 12.8. The Kier molecular flexibility index (Phi) is 5.81. The van der Waals surface area contributed by atoms with Crippen molar-refractivity contribution in [3.05, 3.63) is 63.7 Å². The maximum Gasteiger partial charge on any atom is 0.573 e. The molecule has 0 bridgehead atoms. The van der Waals surface area contributed by atoms with Gasteiger partial charge in [0.2, 0.25) is 0 Å². The SMILES string of the molecule is C[Si](C)(C)C#Cc1cc(Cl)c2c(c1)CN(Cc1ccc(OC(F)(F)F)cc1)C2. The molecular weight excluding hydrogens is 403 g/mol. The topological polar surface area (TPSA) is 12.5 Å². The second-order valence-corrected chi connectivity index (χ2v) is 13.1. The summed E-state index contributed by atoms with van der Waals surface area (Å²) in [5.74, 6) is 3.03. The molecule has 0 aliphatic carbocycles. The van der Waals surface area contributed by atoms with E-state index in [2.05, 4.69) is 46.8 Å². The summed E-state index contributed by atoms with van der Waals surface area (Å²) in [6.45, 7) is 8.65. The van der Waals surface area contributed by atoms with Gasteiger partial charge >= 0.3 is 6.36 Å². The van der Waals surface area contributed by atoms with Gasteiger partial charge in [-0.25, -0.2) is 0 Å². The number of hydrogen-bond acceptors (Lipinski definition) is 2. The standard InChI is InChI=1S/C21H21ClF3NOSi/c1-28(2,3)9-8-16-10-17-13-26(14-19(17)20(22)11-16)12-15-4-6-18(7-5-15)27-21(23,24)25/h4-7,10-11H,12-14H2,1-3H3. The molecule has 0 saturated carbocycles. The quantitative estimate of drug-likeness (QED) is 0.444. The fourth-order valence-electron chi connectivity index (χ4n) is 3.03. The Labute approximate surface area is 169 Å². The molecule has 0 unspecified atom stereocenters. The Balaban J connectivity index is 1.69. The van der Waals surface area contributed by atoms with E-state index in [1.165, 1.54) is 12.1 Å². The van der Waals surface area contributed by atoms with Gasteiger partial charge in [-0.15, -0.1) is 18.7 Å². The van der Waals surface area contributed by atoms with Crippen LogP contribution in [0.5, 0.6) is 5.75 Å². The van der Waals surface area contributed by atoms with Crippen molar-refractivity contribution in [3.8, 4) is 17.2 Å². The molecule has 0 saturated heterocycles. The van der Waals surface area contributed by atoms with Gasteiger partial charge in [-0.05, 0) is 41.0 Å². The van der Waals surface area contributed by atoms with Crippen LogP contribution in [-0.2, 0) is 19.6 Å². The molecule has 0 aromatic heterocycles. The van der Waals surface area contributed by atoms with Crippen molar-refractivity contribution >= 4 is 19.7 Å². The third-order valence-electron chi connectivity index (χ3n) is 4.21. The zero-order chi connectivity index (χ0) is 20.5. The summed E-state index contributed by atoms with van der Waals surface area (Å²) in [6.07, 6.45) is -4.68. The highest BCUT2D eigenvalue weighted by molar-refractivity contribution is 6.83. The summed E-state index contributed by atoms with van der Waals surface area (Å²) in [7, 11) is -1.46. The number of rotatable bonds is 3. The van der Waals surface area contributed by atoms with Crippen LogP contribution in [0, 0.1) is 11.5 Å². The van der Waals surface area contributed by atoms with E-state index in [-0.39, 0.29) is 5.75 Å². The summed E-state index contributed by atoms with van der Waals surface area (Å²) in [5, 5.41) is 0.716. The zero-order valence-electron chi connectivity index (χ0n) is 16.0. The average Bonchev–Trinajstić information content (AvgIpc) is 2.96. The highest BCUT2D eigenvalue weighted by atomic mass is 35.5. The van der Waals surface area contributed by atoms with Crippen LogP contribution in [-0.4, -0.2) is 19.3 Å². The number of ether oxygens (including phenoxy) is 1. The van der Waals surface area contributed by atoms with Gasteiger partial charge in [0.05, 0.1) is 0 Å². The lowest BCUT2D eigenvalue weighted by Crippen LogP contribution is -2.17. The van der Waals surface area contributed by atoms with E-state index in [0.717, 1.165) is 28.8 Å². The molecule has 2 nitrogen and oxygen atoms in total. The Morgan fingerprint density at radius 2 is 1.79 bits per heavy atom. The lowest BCUT2D eigenvalue weighted by molar-refractivity contribution is -0.274. The van der Waals surface area contributed by atoms with Crippen LogP contribution in [0.2, 0.25) is 24.7 Å². The minimum absolute atomic E-state index is 0.213. The van der Waals surface area contributed by atoms with Crippen molar-refractivity contribution in [1.82, 2.24) is 4.90 Å². The number of hydrogen-bond donors (Lipinski definition) is 0. The highest BCUT2D eigenvalue weighted by Crippen LogP contribution is 2.32. The molecule has 2 aromatic carbocycles. The summed E-state index contributed by atoms with van der Waals surface area (Å²) in [6, 6.07) is 9.98. The number of fused-ring (bicyclic) bond motifs is 1. The first kappa shape index (κ1) is 20.8. The molecule has 0 radical (unpaired) electrons. The van der Waals surface area contributed by atoms with Gasteiger partial charge in [0.1, 0.15) is 13.8 Å². The number of alkyl halides is 3. The van der Waals surface area contributed by atoms with E-state index in [1.54, 1.807) is 12.1 Å². The van der Waals surface area contributed by atoms with Crippen LogP contribution in [0.25, 0.3) is 0 Å². The van der Waals surface area contributed by atoms with E-state index in [4.69, 9.17) is 11.6 Å². The van der Waals surface area contributed by atoms with Gasteiger partial charge in [0, 0.05) is 30.2 Å². The van der Waals surface area contributed by atoms with Crippen molar-refractivity contribution in [1.29, 1.82) is 0 Å². The Morgan fingerprint density at radius 3 is 2.39 bits per heavy atom. The highest BCUT2D eigenvalue weighted by Gasteiger charge is 2.31. The molecule has 0 N–H and O–H groups in total. The third kappa shape index (κ3) is 5.78. The van der Waals surface area contributed by atoms with Crippen molar-refractivity contribution in [2.45, 2.75) is 45.6 Å². The largest absolute Gasteiger partial charge is 0.573 e. The second-order valence-electron chi connectivity index (χ2n) is 7.93. The van der Waals surface area contributed by atoms with Crippen LogP contribution in [0.4, 0.5) is 13.2 Å². The lowest BCUT2D eigenvalue weighted by atomic mass is 10.1. The predicted molar refractivity (Wildman–Crippen MR) is 108 cm³/mol. The van der Waals surface area contributed by atoms with E-state index >= 15 is 0 Å². The van der Waals surface area contributed by atoms with E-state index < -0.39 is 14.4 Å². The van der Waals surface area contributed by atoms with E-state index in [0.29, 0.717) is 18.1 Å². The molecule has 1 aliphatic heterocycles. The minimum Gasteiger partial charge on any atom is -0.406 e. The first-order chi connectivity index (χ1) is 13.0. The van der Waals surface area contributed by atoms with Gasteiger partial charge in [-0.2, -0.15) is 0 Å². The van der Waals surface area contributed by atoms with E-state index in [1.807, 2.05) is 6.07 Å². The number of nitrogens with zero attached hydrogens (tertiary/aromatic N) is 1. The number of benzene rings is 2. The molecule has 0 fully saturated rings.